The minimum absolute atomic E-state index is 0.0972. The number of hydrogen-bond donors (Lipinski definition) is 1. The highest BCUT2D eigenvalue weighted by molar-refractivity contribution is 5.92. The Morgan fingerprint density at radius 1 is 1.33 bits per heavy atom. The van der Waals surface area contributed by atoms with Crippen LogP contribution in [0.1, 0.15) is 38.4 Å². The first-order valence-electron chi connectivity index (χ1n) is 7.85. The van der Waals surface area contributed by atoms with E-state index in [1.807, 2.05) is 38.1 Å². The van der Waals surface area contributed by atoms with Gasteiger partial charge in [0.1, 0.15) is 0 Å². The topological polar surface area (TPSA) is 41.6 Å². The summed E-state index contributed by atoms with van der Waals surface area (Å²) in [6, 6.07) is 8.03. The average Bonchev–Trinajstić information content (AvgIpc) is 2.49. The summed E-state index contributed by atoms with van der Waals surface area (Å²) in [4.78, 5) is 14.3. The van der Waals surface area contributed by atoms with Crippen LogP contribution in [0.3, 0.4) is 0 Å². The van der Waals surface area contributed by atoms with Crippen LogP contribution in [0.5, 0.6) is 0 Å². The van der Waals surface area contributed by atoms with Gasteiger partial charge in [-0.15, -0.1) is 0 Å². The summed E-state index contributed by atoms with van der Waals surface area (Å²) in [6.07, 6.45) is 1.89. The van der Waals surface area contributed by atoms with Gasteiger partial charge in [0.15, 0.2) is 0 Å². The molecule has 2 rings (SSSR count). The van der Waals surface area contributed by atoms with Crippen LogP contribution in [0, 0.1) is 5.92 Å². The maximum Gasteiger partial charge on any atom is 0.227 e. The smallest absolute Gasteiger partial charge is 0.227 e. The lowest BCUT2D eigenvalue weighted by molar-refractivity contribution is -0.120. The summed E-state index contributed by atoms with van der Waals surface area (Å²) in [6.45, 7) is 6.77. The molecule has 1 N–H and O–H groups in total. The molecule has 116 valence electrons. The van der Waals surface area contributed by atoms with Crippen LogP contribution < -0.4 is 5.32 Å². The third kappa shape index (κ3) is 4.29. The van der Waals surface area contributed by atoms with E-state index in [4.69, 9.17) is 4.74 Å². The predicted molar refractivity (Wildman–Crippen MR) is 85.3 cm³/mol. The highest BCUT2D eigenvalue weighted by atomic mass is 16.5. The quantitative estimate of drug-likeness (QED) is 0.906. The highest BCUT2D eigenvalue weighted by Gasteiger charge is 2.19. The molecule has 1 aliphatic rings. The predicted octanol–water partition coefficient (Wildman–Crippen LogP) is 3.06. The van der Waals surface area contributed by atoms with Crippen LogP contribution in [0.4, 0.5) is 5.69 Å². The molecule has 1 aliphatic heterocycles. The number of amides is 1. The van der Waals surface area contributed by atoms with Crippen molar-refractivity contribution in [1.82, 2.24) is 4.90 Å². The molecule has 0 saturated carbocycles. The number of hydrogen-bond acceptors (Lipinski definition) is 3. The molecule has 0 radical (unpaired) electrons. The standard InChI is InChI=1S/C17H26N2O2/c1-4-13(5-2)17(20)18-15-8-6-14(7-9-15)16-12-19(3)10-11-21-16/h6-9,13,16H,4-5,10-12H2,1-3H3,(H,18,20). The number of carbonyl (C=O) groups is 1. The van der Waals surface area contributed by atoms with E-state index in [0.717, 1.165) is 38.2 Å². The second-order valence-corrected chi connectivity index (χ2v) is 5.75. The first kappa shape index (κ1) is 16.0. The van der Waals surface area contributed by atoms with E-state index in [9.17, 15) is 4.79 Å². The normalized spacial score (nSPS) is 19.7. The Hall–Kier alpha value is -1.39. The van der Waals surface area contributed by atoms with Gasteiger partial charge in [0, 0.05) is 24.7 Å². The lowest BCUT2D eigenvalue weighted by atomic mass is 10.0. The van der Waals surface area contributed by atoms with Crippen LogP contribution in [-0.2, 0) is 9.53 Å². The second kappa shape index (κ2) is 7.57. The van der Waals surface area contributed by atoms with E-state index in [-0.39, 0.29) is 17.9 Å². The van der Waals surface area contributed by atoms with Crippen LogP contribution >= 0.6 is 0 Å². The molecule has 0 aliphatic carbocycles. The highest BCUT2D eigenvalue weighted by Crippen LogP contribution is 2.23. The number of likely N-dealkylation sites (N-methyl/N-ethyl adjacent to an activating group) is 1. The fourth-order valence-corrected chi connectivity index (χ4v) is 2.66. The third-order valence-electron chi connectivity index (χ3n) is 4.18. The maximum atomic E-state index is 12.1. The first-order valence-corrected chi connectivity index (χ1v) is 7.85. The molecule has 1 atom stereocenters. The van der Waals surface area contributed by atoms with Gasteiger partial charge in [-0.3, -0.25) is 4.79 Å². The van der Waals surface area contributed by atoms with Crippen molar-refractivity contribution in [1.29, 1.82) is 0 Å². The largest absolute Gasteiger partial charge is 0.371 e. The van der Waals surface area contributed by atoms with E-state index >= 15 is 0 Å². The SMILES string of the molecule is CCC(CC)C(=O)Nc1ccc(C2CN(C)CCO2)cc1. The van der Waals surface area contributed by atoms with E-state index in [1.54, 1.807) is 0 Å². The molecule has 1 unspecified atom stereocenters. The molecular weight excluding hydrogens is 264 g/mol. The first-order chi connectivity index (χ1) is 10.1. The molecule has 1 amide bonds. The monoisotopic (exact) mass is 290 g/mol. The summed E-state index contributed by atoms with van der Waals surface area (Å²) in [7, 11) is 2.11. The number of ether oxygens (including phenoxy) is 1. The molecule has 1 heterocycles. The van der Waals surface area contributed by atoms with E-state index in [1.165, 1.54) is 5.56 Å². The summed E-state index contributed by atoms with van der Waals surface area (Å²) < 4.78 is 5.80. The summed E-state index contributed by atoms with van der Waals surface area (Å²) in [5.41, 5.74) is 2.03. The van der Waals surface area contributed by atoms with Gasteiger partial charge in [-0.05, 0) is 37.6 Å². The molecule has 1 aromatic rings. The van der Waals surface area contributed by atoms with Gasteiger partial charge in [-0.1, -0.05) is 26.0 Å². The lowest BCUT2D eigenvalue weighted by Crippen LogP contribution is -2.35. The summed E-state index contributed by atoms with van der Waals surface area (Å²) >= 11 is 0. The van der Waals surface area contributed by atoms with Crippen molar-refractivity contribution in [2.75, 3.05) is 32.1 Å². The average molecular weight is 290 g/mol. The zero-order valence-corrected chi connectivity index (χ0v) is 13.3. The maximum absolute atomic E-state index is 12.1. The number of benzene rings is 1. The van der Waals surface area contributed by atoms with Gasteiger partial charge >= 0.3 is 0 Å². The molecule has 1 aromatic carbocycles. The number of carbonyl (C=O) groups excluding carboxylic acids is 1. The second-order valence-electron chi connectivity index (χ2n) is 5.75. The fraction of sp³-hybridized carbons (Fsp3) is 0.588. The van der Waals surface area contributed by atoms with Crippen molar-refractivity contribution in [3.8, 4) is 0 Å². The van der Waals surface area contributed by atoms with Crippen LogP contribution in [0.25, 0.3) is 0 Å². The zero-order valence-electron chi connectivity index (χ0n) is 13.3. The molecule has 0 spiro atoms. The number of nitrogens with zero attached hydrogens (tertiary/aromatic N) is 1. The Morgan fingerprint density at radius 3 is 2.57 bits per heavy atom. The van der Waals surface area contributed by atoms with Crippen LogP contribution in [0.15, 0.2) is 24.3 Å². The van der Waals surface area contributed by atoms with Gasteiger partial charge < -0.3 is 15.0 Å². The summed E-state index contributed by atoms with van der Waals surface area (Å²) in [5.74, 6) is 0.210. The Kier molecular flexibility index (Phi) is 5.76. The van der Waals surface area contributed by atoms with Crippen molar-refractivity contribution in [2.45, 2.75) is 32.8 Å². The van der Waals surface area contributed by atoms with Crippen molar-refractivity contribution in [3.05, 3.63) is 29.8 Å². The lowest BCUT2D eigenvalue weighted by Gasteiger charge is -2.30. The van der Waals surface area contributed by atoms with Gasteiger partial charge in [0.05, 0.1) is 12.7 Å². The minimum atomic E-state index is 0.0972. The number of rotatable bonds is 5. The molecule has 4 nitrogen and oxygen atoms in total. The van der Waals surface area contributed by atoms with Crippen molar-refractivity contribution >= 4 is 11.6 Å². The van der Waals surface area contributed by atoms with Crippen molar-refractivity contribution in [3.63, 3.8) is 0 Å². The number of morpholine rings is 1. The van der Waals surface area contributed by atoms with E-state index in [2.05, 4.69) is 17.3 Å². The fourth-order valence-electron chi connectivity index (χ4n) is 2.66. The molecule has 0 aromatic heterocycles. The Morgan fingerprint density at radius 2 is 2.00 bits per heavy atom. The zero-order chi connectivity index (χ0) is 15.2. The molecular formula is C17H26N2O2. The van der Waals surface area contributed by atoms with Gasteiger partial charge in [-0.25, -0.2) is 0 Å². The Balaban J connectivity index is 1.97. The third-order valence-corrected chi connectivity index (χ3v) is 4.18. The molecule has 4 heteroatoms. The van der Waals surface area contributed by atoms with Gasteiger partial charge in [-0.2, -0.15) is 0 Å². The molecule has 1 fully saturated rings. The van der Waals surface area contributed by atoms with E-state index in [0.29, 0.717) is 0 Å². The van der Waals surface area contributed by atoms with E-state index < -0.39 is 0 Å². The van der Waals surface area contributed by atoms with Crippen molar-refractivity contribution < 1.29 is 9.53 Å². The summed E-state index contributed by atoms with van der Waals surface area (Å²) in [5, 5.41) is 2.99. The Bertz CT molecular complexity index is 454. The molecule has 1 saturated heterocycles. The van der Waals surface area contributed by atoms with Gasteiger partial charge in [0.2, 0.25) is 5.91 Å². The van der Waals surface area contributed by atoms with Crippen LogP contribution in [0.2, 0.25) is 0 Å². The number of nitrogens with one attached hydrogen (secondary N) is 1. The van der Waals surface area contributed by atoms with Crippen LogP contribution in [-0.4, -0.2) is 37.6 Å². The van der Waals surface area contributed by atoms with Crippen molar-refractivity contribution in [2.24, 2.45) is 5.92 Å². The molecule has 0 bridgehead atoms. The molecule has 21 heavy (non-hydrogen) atoms. The minimum Gasteiger partial charge on any atom is -0.371 e. The Labute approximate surface area is 127 Å². The number of anilines is 1. The van der Waals surface area contributed by atoms with Gasteiger partial charge in [0.25, 0.3) is 0 Å².